The second-order valence-corrected chi connectivity index (χ2v) is 13.3. The molecule has 1 amide bonds. The molecule has 1 unspecified atom stereocenters. The zero-order valence-electron chi connectivity index (χ0n) is 20.0. The zero-order valence-corrected chi connectivity index (χ0v) is 23.2. The Balaban J connectivity index is 1.55. The van der Waals surface area contributed by atoms with Gasteiger partial charge in [0.25, 0.3) is 10.0 Å². The van der Waals surface area contributed by atoms with Gasteiger partial charge >= 0.3 is 0 Å². The average molecular weight is 577 g/mol. The normalized spacial score (nSPS) is 16.6. The Kier molecular flexibility index (Phi) is 7.77. The Labute approximate surface area is 228 Å². The van der Waals surface area contributed by atoms with Gasteiger partial charge in [-0.1, -0.05) is 41.5 Å². The van der Waals surface area contributed by atoms with E-state index in [1.54, 1.807) is 17.2 Å². The molecule has 0 radical (unpaired) electrons. The highest BCUT2D eigenvalue weighted by molar-refractivity contribution is 7.91. The third-order valence-corrected chi connectivity index (χ3v) is 10.7. The Morgan fingerprint density at radius 2 is 2.03 bits per heavy atom. The lowest BCUT2D eigenvalue weighted by molar-refractivity contribution is -0.123. The summed E-state index contributed by atoms with van der Waals surface area (Å²) in [7, 11) is -3.90. The summed E-state index contributed by atoms with van der Waals surface area (Å²) in [5.74, 6) is 0.317. The van der Waals surface area contributed by atoms with E-state index in [1.165, 1.54) is 21.7 Å². The molecule has 0 aliphatic carbocycles. The molecule has 3 aromatic heterocycles. The Bertz CT molecular complexity index is 1510. The maximum Gasteiger partial charge on any atom is 0.253 e. The fourth-order valence-electron chi connectivity index (χ4n) is 4.36. The van der Waals surface area contributed by atoms with Crippen LogP contribution < -0.4 is 9.64 Å². The summed E-state index contributed by atoms with van der Waals surface area (Å²) >= 11 is 8.40. The number of nitrogens with zero attached hydrogens (tertiary/aromatic N) is 4. The van der Waals surface area contributed by atoms with Gasteiger partial charge in [0, 0.05) is 12.7 Å². The molecule has 5 rings (SSSR count). The summed E-state index contributed by atoms with van der Waals surface area (Å²) in [6, 6.07) is 13.4. The van der Waals surface area contributed by atoms with Crippen molar-refractivity contribution >= 4 is 65.6 Å². The molecule has 0 bridgehead atoms. The fourth-order valence-corrected chi connectivity index (χ4v) is 8.61. The van der Waals surface area contributed by atoms with Crippen LogP contribution >= 0.6 is 34.3 Å². The molecule has 8 nitrogen and oxygen atoms in total. The highest BCUT2D eigenvalue weighted by atomic mass is 35.5. The number of pyridine rings is 1. The van der Waals surface area contributed by atoms with E-state index >= 15 is 0 Å². The van der Waals surface area contributed by atoms with E-state index in [0.717, 1.165) is 22.5 Å². The summed E-state index contributed by atoms with van der Waals surface area (Å²) < 4.78 is 35.6. The van der Waals surface area contributed by atoms with Crippen molar-refractivity contribution in [1.29, 1.82) is 0 Å². The molecule has 4 aromatic rings. The molecule has 37 heavy (non-hydrogen) atoms. The number of piperidine rings is 1. The number of sulfonamides is 1. The van der Waals surface area contributed by atoms with Crippen LogP contribution in [0.1, 0.15) is 31.9 Å². The van der Waals surface area contributed by atoms with Gasteiger partial charge in [-0.3, -0.25) is 14.7 Å². The van der Waals surface area contributed by atoms with Gasteiger partial charge in [-0.15, -0.1) is 11.3 Å². The number of carbonyl (C=O) groups excluding carboxylic acids is 1. The number of benzene rings is 1. The predicted octanol–water partition coefficient (Wildman–Crippen LogP) is 5.58. The SMILES string of the molecule is CCOc1cccc2sc(N(Cc3ccccn3)C(=O)C3CCCCN3S(=O)(=O)c3ccc(Cl)s3)nc12. The van der Waals surface area contributed by atoms with Gasteiger partial charge in [-0.05, 0) is 56.2 Å². The van der Waals surface area contributed by atoms with Crippen LogP contribution in [-0.4, -0.2) is 47.8 Å². The summed E-state index contributed by atoms with van der Waals surface area (Å²) in [6.45, 7) is 2.82. The third-order valence-electron chi connectivity index (χ3n) is 6.06. The summed E-state index contributed by atoms with van der Waals surface area (Å²) in [5, 5.41) is 0.472. The number of ether oxygens (including phenoxy) is 1. The van der Waals surface area contributed by atoms with E-state index < -0.39 is 16.1 Å². The molecule has 1 aliphatic heterocycles. The molecular weight excluding hydrogens is 552 g/mol. The number of carbonyl (C=O) groups is 1. The maximum atomic E-state index is 14.2. The molecule has 0 saturated carbocycles. The number of para-hydroxylation sites is 1. The van der Waals surface area contributed by atoms with E-state index in [-0.39, 0.29) is 23.2 Å². The lowest BCUT2D eigenvalue weighted by Gasteiger charge is -2.35. The van der Waals surface area contributed by atoms with Crippen LogP contribution in [0.15, 0.2) is 58.9 Å². The van der Waals surface area contributed by atoms with Crippen molar-refractivity contribution < 1.29 is 17.9 Å². The number of anilines is 1. The second kappa shape index (κ2) is 11.0. The zero-order chi connectivity index (χ0) is 26.0. The minimum absolute atomic E-state index is 0.134. The summed E-state index contributed by atoms with van der Waals surface area (Å²) in [6.07, 6.45) is 3.52. The molecule has 1 atom stereocenters. The van der Waals surface area contributed by atoms with E-state index in [0.29, 0.717) is 45.9 Å². The van der Waals surface area contributed by atoms with Gasteiger partial charge in [0.2, 0.25) is 5.91 Å². The van der Waals surface area contributed by atoms with Crippen molar-refractivity contribution in [2.45, 2.75) is 43.0 Å². The molecule has 12 heteroatoms. The molecule has 0 N–H and O–H groups in total. The van der Waals surface area contributed by atoms with E-state index in [4.69, 9.17) is 21.3 Å². The Morgan fingerprint density at radius 3 is 2.76 bits per heavy atom. The lowest BCUT2D eigenvalue weighted by atomic mass is 10.0. The molecule has 1 aliphatic rings. The minimum atomic E-state index is -3.90. The lowest BCUT2D eigenvalue weighted by Crippen LogP contribution is -2.52. The third kappa shape index (κ3) is 5.37. The van der Waals surface area contributed by atoms with Crippen molar-refractivity contribution in [3.8, 4) is 5.75 Å². The van der Waals surface area contributed by atoms with Crippen LogP contribution in [0.25, 0.3) is 10.2 Å². The molecule has 0 spiro atoms. The fraction of sp³-hybridized carbons (Fsp3) is 0.320. The van der Waals surface area contributed by atoms with Crippen molar-refractivity contribution in [3.05, 3.63) is 64.8 Å². The molecule has 4 heterocycles. The smallest absolute Gasteiger partial charge is 0.253 e. The van der Waals surface area contributed by atoms with E-state index in [2.05, 4.69) is 4.98 Å². The summed E-state index contributed by atoms with van der Waals surface area (Å²) in [4.78, 5) is 24.9. The van der Waals surface area contributed by atoms with Crippen LogP contribution in [0.2, 0.25) is 4.34 Å². The molecule has 1 fully saturated rings. The molecular formula is C25H25ClN4O4S3. The van der Waals surface area contributed by atoms with Crippen LogP contribution in [0, 0.1) is 0 Å². The number of fused-ring (bicyclic) bond motifs is 1. The standard InChI is InChI=1S/C25H25ClN4O4S3/c1-2-34-19-10-7-11-20-23(19)28-25(35-20)29(16-17-8-3-5-14-27-17)24(31)18-9-4-6-15-30(18)37(32,33)22-13-12-21(26)36-22/h3,5,7-8,10-14,18H,2,4,6,9,15-16H2,1H3. The van der Waals surface area contributed by atoms with Gasteiger partial charge in [-0.25, -0.2) is 13.4 Å². The molecule has 194 valence electrons. The monoisotopic (exact) mass is 576 g/mol. The van der Waals surface area contributed by atoms with Crippen LogP contribution in [-0.2, 0) is 21.4 Å². The topological polar surface area (TPSA) is 92.7 Å². The maximum absolute atomic E-state index is 14.2. The van der Waals surface area contributed by atoms with Gasteiger partial charge in [-0.2, -0.15) is 4.31 Å². The average Bonchev–Trinajstić information content (AvgIpc) is 3.55. The summed E-state index contributed by atoms with van der Waals surface area (Å²) in [5.41, 5.74) is 1.35. The number of thiophene rings is 1. The number of thiazole rings is 1. The van der Waals surface area contributed by atoms with Gasteiger partial charge in [0.1, 0.15) is 21.5 Å². The van der Waals surface area contributed by atoms with Crippen molar-refractivity contribution in [3.63, 3.8) is 0 Å². The number of hydrogen-bond donors (Lipinski definition) is 0. The number of amides is 1. The van der Waals surface area contributed by atoms with Crippen LogP contribution in [0.4, 0.5) is 5.13 Å². The van der Waals surface area contributed by atoms with E-state index in [9.17, 15) is 13.2 Å². The molecule has 1 saturated heterocycles. The largest absolute Gasteiger partial charge is 0.492 e. The first kappa shape index (κ1) is 26.1. The van der Waals surface area contributed by atoms with Crippen molar-refractivity contribution in [1.82, 2.24) is 14.3 Å². The van der Waals surface area contributed by atoms with Crippen molar-refractivity contribution in [2.24, 2.45) is 0 Å². The van der Waals surface area contributed by atoms with Crippen LogP contribution in [0.5, 0.6) is 5.75 Å². The number of rotatable bonds is 8. The van der Waals surface area contributed by atoms with E-state index in [1.807, 2.05) is 43.3 Å². The highest BCUT2D eigenvalue weighted by Crippen LogP contribution is 2.37. The minimum Gasteiger partial charge on any atom is -0.492 e. The first-order valence-electron chi connectivity index (χ1n) is 11.9. The number of halogens is 1. The van der Waals surface area contributed by atoms with Gasteiger partial charge in [0.05, 0.1) is 27.9 Å². The van der Waals surface area contributed by atoms with Gasteiger partial charge in [0.15, 0.2) is 5.13 Å². The predicted molar refractivity (Wildman–Crippen MR) is 147 cm³/mol. The number of hydrogen-bond acceptors (Lipinski definition) is 8. The number of aromatic nitrogens is 2. The van der Waals surface area contributed by atoms with Crippen molar-refractivity contribution in [2.75, 3.05) is 18.1 Å². The second-order valence-electron chi connectivity index (χ2n) is 8.46. The first-order valence-corrected chi connectivity index (χ1v) is 15.3. The first-order chi connectivity index (χ1) is 17.9. The Morgan fingerprint density at radius 1 is 1.16 bits per heavy atom. The van der Waals surface area contributed by atoms with Crippen LogP contribution in [0.3, 0.4) is 0 Å². The van der Waals surface area contributed by atoms with Gasteiger partial charge < -0.3 is 4.74 Å². The highest BCUT2D eigenvalue weighted by Gasteiger charge is 2.41. The quantitative estimate of drug-likeness (QED) is 0.272. The Hall–Kier alpha value is -2.57. The molecule has 1 aromatic carbocycles.